The Morgan fingerprint density at radius 1 is 0.923 bits per heavy atom. The first kappa shape index (κ1) is 16.2. The van der Waals surface area contributed by atoms with Crippen molar-refractivity contribution in [2.24, 2.45) is 0 Å². The van der Waals surface area contributed by atoms with Crippen molar-refractivity contribution in [2.75, 3.05) is 0 Å². The van der Waals surface area contributed by atoms with Crippen LogP contribution in [0.2, 0.25) is 0 Å². The summed E-state index contributed by atoms with van der Waals surface area (Å²) in [5.74, 6) is -1.26. The second kappa shape index (κ2) is 6.55. The third-order valence-corrected chi connectivity index (χ3v) is 4.33. The van der Waals surface area contributed by atoms with Crippen molar-refractivity contribution in [1.82, 2.24) is 10.3 Å². The van der Waals surface area contributed by atoms with E-state index in [9.17, 15) is 13.6 Å². The maximum absolute atomic E-state index is 14.4. The Morgan fingerprint density at radius 3 is 2.42 bits per heavy atom. The molecule has 0 spiro atoms. The molecule has 4 rings (SSSR count). The van der Waals surface area contributed by atoms with Gasteiger partial charge in [0.05, 0.1) is 0 Å². The van der Waals surface area contributed by atoms with Crippen LogP contribution < -0.4 is 5.32 Å². The zero-order valence-electron chi connectivity index (χ0n) is 13.5. The number of carbonyl (C=O) groups excluding carboxylic acids is 1. The highest BCUT2D eigenvalue weighted by molar-refractivity contribution is 5.72. The molecule has 1 aliphatic rings. The van der Waals surface area contributed by atoms with Gasteiger partial charge in [-0.2, -0.15) is 4.39 Å². The molecule has 2 aromatic carbocycles. The molecule has 0 aliphatic carbocycles. The molecule has 6 heteroatoms. The SMILES string of the molecule is O=C1N[C@H](c2cc(-c3ccccc3)cnc2F)[C@@H](c2ccccc2F)O1. The Bertz CT molecular complexity index is 963. The average Bonchev–Trinajstić information content (AvgIpc) is 3.04. The Kier molecular flexibility index (Phi) is 4.08. The molecule has 0 unspecified atom stereocenters. The maximum atomic E-state index is 14.4. The number of hydrogen-bond donors (Lipinski definition) is 1. The number of hydrogen-bond acceptors (Lipinski definition) is 3. The van der Waals surface area contributed by atoms with Crippen molar-refractivity contribution in [3.8, 4) is 11.1 Å². The lowest BCUT2D eigenvalue weighted by molar-refractivity contribution is 0.129. The number of rotatable bonds is 3. The highest BCUT2D eigenvalue weighted by atomic mass is 19.1. The topological polar surface area (TPSA) is 51.2 Å². The van der Waals surface area contributed by atoms with E-state index in [4.69, 9.17) is 4.74 Å². The van der Waals surface area contributed by atoms with Crippen molar-refractivity contribution in [2.45, 2.75) is 12.1 Å². The van der Waals surface area contributed by atoms with E-state index in [1.807, 2.05) is 30.3 Å². The van der Waals surface area contributed by atoms with Crippen LogP contribution in [0.5, 0.6) is 0 Å². The van der Waals surface area contributed by atoms with Crippen LogP contribution >= 0.6 is 0 Å². The maximum Gasteiger partial charge on any atom is 0.408 e. The third kappa shape index (κ3) is 2.90. The molecular weight excluding hydrogens is 338 g/mol. The number of ether oxygens (including phenoxy) is 1. The molecule has 4 nitrogen and oxygen atoms in total. The Balaban J connectivity index is 1.78. The van der Waals surface area contributed by atoms with Gasteiger partial charge in [-0.05, 0) is 17.7 Å². The van der Waals surface area contributed by atoms with Crippen molar-refractivity contribution in [3.05, 3.63) is 89.8 Å². The van der Waals surface area contributed by atoms with Crippen molar-refractivity contribution in [1.29, 1.82) is 0 Å². The first-order valence-corrected chi connectivity index (χ1v) is 8.06. The number of halogens is 2. The number of carbonyl (C=O) groups is 1. The number of nitrogens with zero attached hydrogens (tertiary/aromatic N) is 1. The summed E-state index contributed by atoms with van der Waals surface area (Å²) in [5.41, 5.74) is 1.87. The zero-order chi connectivity index (χ0) is 18.1. The summed E-state index contributed by atoms with van der Waals surface area (Å²) in [5, 5.41) is 2.56. The molecule has 1 saturated heterocycles. The Morgan fingerprint density at radius 2 is 1.65 bits per heavy atom. The van der Waals surface area contributed by atoms with Gasteiger partial charge < -0.3 is 10.1 Å². The van der Waals surface area contributed by atoms with Gasteiger partial charge in [0.15, 0.2) is 6.10 Å². The molecular formula is C20H14F2N2O2. The van der Waals surface area contributed by atoms with E-state index in [0.717, 1.165) is 5.56 Å². The van der Waals surface area contributed by atoms with E-state index in [1.165, 1.54) is 24.4 Å². The van der Waals surface area contributed by atoms with Crippen molar-refractivity contribution >= 4 is 6.09 Å². The van der Waals surface area contributed by atoms with Gasteiger partial charge in [-0.15, -0.1) is 0 Å². The van der Waals surface area contributed by atoms with E-state index in [0.29, 0.717) is 5.56 Å². The monoisotopic (exact) mass is 352 g/mol. The zero-order valence-corrected chi connectivity index (χ0v) is 13.5. The van der Waals surface area contributed by atoms with Crippen LogP contribution in [0.15, 0.2) is 66.9 Å². The van der Waals surface area contributed by atoms with Gasteiger partial charge in [0.1, 0.15) is 11.9 Å². The molecule has 0 radical (unpaired) electrons. The number of cyclic esters (lactones) is 1. The predicted octanol–water partition coefficient (Wildman–Crippen LogP) is 4.55. The van der Waals surface area contributed by atoms with Gasteiger partial charge in [0.2, 0.25) is 5.95 Å². The molecule has 1 N–H and O–H groups in total. The number of nitrogens with one attached hydrogen (secondary N) is 1. The fourth-order valence-electron chi connectivity index (χ4n) is 3.08. The van der Waals surface area contributed by atoms with Crippen LogP contribution in [0.3, 0.4) is 0 Å². The van der Waals surface area contributed by atoms with Crippen molar-refractivity contribution < 1.29 is 18.3 Å². The first-order valence-electron chi connectivity index (χ1n) is 8.06. The largest absolute Gasteiger partial charge is 0.439 e. The molecule has 130 valence electrons. The predicted molar refractivity (Wildman–Crippen MR) is 91.1 cm³/mol. The smallest absolute Gasteiger partial charge is 0.408 e. The Labute approximate surface area is 148 Å². The fourth-order valence-corrected chi connectivity index (χ4v) is 3.08. The minimum absolute atomic E-state index is 0.144. The quantitative estimate of drug-likeness (QED) is 0.704. The summed E-state index contributed by atoms with van der Waals surface area (Å²) in [6, 6.07) is 16.0. The van der Waals surface area contributed by atoms with Gasteiger partial charge >= 0.3 is 6.09 Å². The van der Waals surface area contributed by atoms with Crippen LogP contribution in [0.25, 0.3) is 11.1 Å². The first-order chi connectivity index (χ1) is 12.6. The summed E-state index contributed by atoms with van der Waals surface area (Å²) in [6.07, 6.45) is -0.289. The molecule has 1 aliphatic heterocycles. The van der Waals surface area contributed by atoms with Gasteiger partial charge in [0.25, 0.3) is 0 Å². The molecule has 2 heterocycles. The van der Waals surface area contributed by atoms with Crippen LogP contribution in [0, 0.1) is 11.8 Å². The number of aromatic nitrogens is 1. The van der Waals surface area contributed by atoms with Crippen molar-refractivity contribution in [3.63, 3.8) is 0 Å². The number of amides is 1. The molecule has 0 saturated carbocycles. The molecule has 1 aromatic heterocycles. The van der Waals surface area contributed by atoms with Crippen LogP contribution in [-0.2, 0) is 4.74 Å². The average molecular weight is 352 g/mol. The van der Waals surface area contributed by atoms with E-state index >= 15 is 0 Å². The lowest BCUT2D eigenvalue weighted by Gasteiger charge is -2.19. The number of pyridine rings is 1. The van der Waals surface area contributed by atoms with Crippen LogP contribution in [-0.4, -0.2) is 11.1 Å². The second-order valence-electron chi connectivity index (χ2n) is 5.94. The molecule has 1 fully saturated rings. The second-order valence-corrected chi connectivity index (χ2v) is 5.94. The fraction of sp³-hybridized carbons (Fsp3) is 0.100. The summed E-state index contributed by atoms with van der Waals surface area (Å²) in [7, 11) is 0. The third-order valence-electron chi connectivity index (χ3n) is 4.33. The molecule has 3 aromatic rings. The highest BCUT2D eigenvalue weighted by Gasteiger charge is 2.39. The molecule has 1 amide bonds. The summed E-state index contributed by atoms with van der Waals surface area (Å²) in [6.45, 7) is 0. The highest BCUT2D eigenvalue weighted by Crippen LogP contribution is 2.39. The number of benzene rings is 2. The standard InChI is InChI=1S/C20H14F2N2O2/c21-16-9-5-4-8-14(16)18-17(24-20(25)26-18)15-10-13(11-23-19(15)22)12-6-2-1-3-7-12/h1-11,17-18H,(H,24,25)/t17-,18-/m1/s1. The normalized spacial score (nSPS) is 19.1. The van der Waals surface area contributed by atoms with Crippen LogP contribution in [0.1, 0.15) is 23.3 Å². The molecule has 26 heavy (non-hydrogen) atoms. The Hall–Kier alpha value is -3.28. The minimum Gasteiger partial charge on any atom is -0.439 e. The molecule has 0 bridgehead atoms. The number of alkyl carbamates (subject to hydrolysis) is 1. The lowest BCUT2D eigenvalue weighted by atomic mass is 9.95. The van der Waals surface area contributed by atoms with E-state index < -0.39 is 30.0 Å². The summed E-state index contributed by atoms with van der Waals surface area (Å²) >= 11 is 0. The van der Waals surface area contributed by atoms with Gasteiger partial charge in [0, 0.05) is 22.9 Å². The van der Waals surface area contributed by atoms with Gasteiger partial charge in [-0.3, -0.25) is 0 Å². The van der Waals surface area contributed by atoms with E-state index in [-0.39, 0.29) is 11.1 Å². The van der Waals surface area contributed by atoms with E-state index in [1.54, 1.807) is 12.1 Å². The summed E-state index contributed by atoms with van der Waals surface area (Å²) < 4.78 is 33.8. The summed E-state index contributed by atoms with van der Waals surface area (Å²) in [4.78, 5) is 15.6. The lowest BCUT2D eigenvalue weighted by Crippen LogP contribution is -2.21. The van der Waals surface area contributed by atoms with Gasteiger partial charge in [-0.25, -0.2) is 14.2 Å². The van der Waals surface area contributed by atoms with Gasteiger partial charge in [-0.1, -0.05) is 48.5 Å². The minimum atomic E-state index is -0.981. The van der Waals surface area contributed by atoms with E-state index in [2.05, 4.69) is 10.3 Å². The van der Waals surface area contributed by atoms with Crippen LogP contribution in [0.4, 0.5) is 13.6 Å². The molecule has 2 atom stereocenters.